The Labute approximate surface area is 145 Å². The fourth-order valence-corrected chi connectivity index (χ4v) is 3.11. The number of rotatable bonds is 6. The number of likely N-dealkylation sites (N-methyl/N-ethyl adjacent to an activating group) is 1. The molecular formula is C16H23N5O2S. The first-order chi connectivity index (χ1) is 11.3. The van der Waals surface area contributed by atoms with Crippen LogP contribution in [0.1, 0.15) is 34.6 Å². The molecule has 2 aromatic heterocycles. The normalized spacial score (nSPS) is 12.4. The Bertz CT molecular complexity index is 781. The summed E-state index contributed by atoms with van der Waals surface area (Å²) in [5.74, 6) is -0.393. The SMILES string of the molecule is Cc1ccn(C(C)CN(C)C)c(=O)c1C(=O)NCc1csc(N)n1. The molecule has 130 valence electrons. The van der Waals surface area contributed by atoms with Crippen molar-refractivity contribution >= 4 is 22.4 Å². The number of nitrogen functional groups attached to an aromatic ring is 1. The van der Waals surface area contributed by atoms with Crippen molar-refractivity contribution in [3.05, 3.63) is 44.8 Å². The van der Waals surface area contributed by atoms with Crippen molar-refractivity contribution in [1.82, 2.24) is 19.8 Å². The standard InChI is InChI=1S/C16H23N5O2S/c1-10-5-6-21(11(2)8-20(3)4)15(23)13(10)14(22)18-7-12-9-24-16(17)19-12/h5-6,9,11H,7-8H2,1-4H3,(H2,17,19)(H,18,22). The Morgan fingerprint density at radius 3 is 2.79 bits per heavy atom. The molecule has 0 aliphatic heterocycles. The third-order valence-electron chi connectivity index (χ3n) is 3.66. The summed E-state index contributed by atoms with van der Waals surface area (Å²) in [5.41, 5.74) is 6.81. The molecule has 0 aliphatic rings. The number of pyridine rings is 1. The van der Waals surface area contributed by atoms with Gasteiger partial charge in [-0.2, -0.15) is 0 Å². The molecule has 3 N–H and O–H groups in total. The third-order valence-corrected chi connectivity index (χ3v) is 4.38. The number of aromatic nitrogens is 2. The lowest BCUT2D eigenvalue weighted by Crippen LogP contribution is -2.36. The van der Waals surface area contributed by atoms with Crippen LogP contribution >= 0.6 is 11.3 Å². The van der Waals surface area contributed by atoms with Crippen molar-refractivity contribution in [2.75, 3.05) is 26.4 Å². The highest BCUT2D eigenvalue weighted by Gasteiger charge is 2.18. The van der Waals surface area contributed by atoms with E-state index in [1.807, 2.05) is 25.9 Å². The maximum Gasteiger partial charge on any atom is 0.263 e. The molecule has 2 rings (SSSR count). The first-order valence-electron chi connectivity index (χ1n) is 7.64. The largest absolute Gasteiger partial charge is 0.375 e. The van der Waals surface area contributed by atoms with Crippen molar-refractivity contribution in [3.8, 4) is 0 Å². The number of hydrogen-bond acceptors (Lipinski definition) is 6. The summed E-state index contributed by atoms with van der Waals surface area (Å²) in [6, 6.07) is 1.77. The van der Waals surface area contributed by atoms with E-state index in [2.05, 4.69) is 10.3 Å². The van der Waals surface area contributed by atoms with Gasteiger partial charge in [-0.3, -0.25) is 9.59 Å². The average Bonchev–Trinajstić information content (AvgIpc) is 2.90. The molecule has 0 aliphatic carbocycles. The molecule has 1 amide bonds. The quantitative estimate of drug-likeness (QED) is 0.819. The Hall–Kier alpha value is -2.19. The minimum Gasteiger partial charge on any atom is -0.375 e. The highest BCUT2D eigenvalue weighted by molar-refractivity contribution is 7.13. The molecule has 0 aromatic carbocycles. The zero-order chi connectivity index (χ0) is 17.9. The lowest BCUT2D eigenvalue weighted by molar-refractivity contribution is 0.0947. The first kappa shape index (κ1) is 18.2. The highest BCUT2D eigenvalue weighted by Crippen LogP contribution is 2.11. The predicted molar refractivity (Wildman–Crippen MR) is 96.4 cm³/mol. The molecule has 24 heavy (non-hydrogen) atoms. The molecule has 0 saturated carbocycles. The lowest BCUT2D eigenvalue weighted by atomic mass is 10.1. The minimum absolute atomic E-state index is 0.0296. The zero-order valence-electron chi connectivity index (χ0n) is 14.4. The van der Waals surface area contributed by atoms with Crippen LogP contribution in [-0.2, 0) is 6.54 Å². The number of nitrogens with one attached hydrogen (secondary N) is 1. The van der Waals surface area contributed by atoms with Gasteiger partial charge in [0.15, 0.2) is 5.13 Å². The van der Waals surface area contributed by atoms with E-state index in [0.717, 1.165) is 0 Å². The summed E-state index contributed by atoms with van der Waals surface area (Å²) in [5, 5.41) is 4.98. The van der Waals surface area contributed by atoms with Crippen molar-refractivity contribution in [1.29, 1.82) is 0 Å². The van der Waals surface area contributed by atoms with Gasteiger partial charge in [0.1, 0.15) is 5.56 Å². The van der Waals surface area contributed by atoms with Gasteiger partial charge >= 0.3 is 0 Å². The first-order valence-corrected chi connectivity index (χ1v) is 8.52. The van der Waals surface area contributed by atoms with Crippen LogP contribution in [0.5, 0.6) is 0 Å². The van der Waals surface area contributed by atoms with Crippen LogP contribution in [-0.4, -0.2) is 41.0 Å². The zero-order valence-corrected chi connectivity index (χ0v) is 15.2. The molecule has 0 bridgehead atoms. The van der Waals surface area contributed by atoms with E-state index < -0.39 is 5.91 Å². The highest BCUT2D eigenvalue weighted by atomic mass is 32.1. The van der Waals surface area contributed by atoms with Gasteiger partial charge in [0, 0.05) is 24.2 Å². The van der Waals surface area contributed by atoms with Crippen molar-refractivity contribution < 1.29 is 4.79 Å². The minimum atomic E-state index is -0.393. The number of anilines is 1. The van der Waals surface area contributed by atoms with E-state index in [0.29, 0.717) is 22.9 Å². The molecule has 1 atom stereocenters. The van der Waals surface area contributed by atoms with E-state index in [4.69, 9.17) is 5.73 Å². The van der Waals surface area contributed by atoms with Gasteiger partial charge in [0.2, 0.25) is 0 Å². The molecular weight excluding hydrogens is 326 g/mol. The van der Waals surface area contributed by atoms with Crippen LogP contribution < -0.4 is 16.6 Å². The predicted octanol–water partition coefficient (Wildman–Crippen LogP) is 1.25. The second-order valence-corrected chi connectivity index (χ2v) is 6.95. The number of thiazole rings is 1. The summed E-state index contributed by atoms with van der Waals surface area (Å²) in [6.45, 7) is 4.67. The van der Waals surface area contributed by atoms with Crippen molar-refractivity contribution in [3.63, 3.8) is 0 Å². The van der Waals surface area contributed by atoms with Crippen LogP contribution in [0.3, 0.4) is 0 Å². The van der Waals surface area contributed by atoms with E-state index in [1.54, 1.807) is 29.1 Å². The molecule has 2 aromatic rings. The van der Waals surface area contributed by atoms with E-state index in [1.165, 1.54) is 11.3 Å². The maximum absolute atomic E-state index is 12.7. The Kier molecular flexibility index (Phi) is 5.74. The number of hydrogen-bond donors (Lipinski definition) is 2. The number of nitrogens with zero attached hydrogens (tertiary/aromatic N) is 3. The van der Waals surface area contributed by atoms with Gasteiger partial charge in [-0.05, 0) is 39.6 Å². The van der Waals surface area contributed by atoms with Gasteiger partial charge < -0.3 is 20.5 Å². The van der Waals surface area contributed by atoms with Crippen LogP contribution in [0.15, 0.2) is 22.4 Å². The maximum atomic E-state index is 12.7. The molecule has 2 heterocycles. The van der Waals surface area contributed by atoms with Gasteiger partial charge in [-0.1, -0.05) is 0 Å². The Morgan fingerprint density at radius 2 is 2.21 bits per heavy atom. The van der Waals surface area contributed by atoms with Gasteiger partial charge in [-0.25, -0.2) is 4.98 Å². The van der Waals surface area contributed by atoms with Crippen molar-refractivity contribution in [2.45, 2.75) is 26.4 Å². The average molecular weight is 349 g/mol. The molecule has 0 fully saturated rings. The number of aryl methyl sites for hydroxylation is 1. The second kappa shape index (κ2) is 7.59. The van der Waals surface area contributed by atoms with Gasteiger partial charge in [-0.15, -0.1) is 11.3 Å². The summed E-state index contributed by atoms with van der Waals surface area (Å²) in [7, 11) is 3.89. The van der Waals surface area contributed by atoms with Gasteiger partial charge in [0.25, 0.3) is 11.5 Å². The van der Waals surface area contributed by atoms with E-state index >= 15 is 0 Å². The number of carbonyl (C=O) groups is 1. The fourth-order valence-electron chi connectivity index (χ4n) is 2.54. The Balaban J connectivity index is 2.22. The number of carbonyl (C=O) groups excluding carboxylic acids is 1. The smallest absolute Gasteiger partial charge is 0.263 e. The lowest BCUT2D eigenvalue weighted by Gasteiger charge is -2.20. The molecule has 0 spiro atoms. The van der Waals surface area contributed by atoms with Crippen LogP contribution in [0.25, 0.3) is 0 Å². The summed E-state index contributed by atoms with van der Waals surface area (Å²) in [4.78, 5) is 31.3. The third kappa shape index (κ3) is 4.21. The molecule has 0 radical (unpaired) electrons. The molecule has 0 saturated heterocycles. The van der Waals surface area contributed by atoms with Crippen LogP contribution in [0, 0.1) is 6.92 Å². The molecule has 8 heteroatoms. The summed E-state index contributed by atoms with van der Waals surface area (Å²) >= 11 is 1.32. The topological polar surface area (TPSA) is 93.2 Å². The van der Waals surface area contributed by atoms with E-state index in [9.17, 15) is 9.59 Å². The van der Waals surface area contributed by atoms with Crippen LogP contribution in [0.2, 0.25) is 0 Å². The monoisotopic (exact) mass is 349 g/mol. The van der Waals surface area contributed by atoms with Crippen LogP contribution in [0.4, 0.5) is 5.13 Å². The summed E-state index contributed by atoms with van der Waals surface area (Å²) in [6.07, 6.45) is 1.74. The molecule has 1 unspecified atom stereocenters. The number of amides is 1. The molecule has 7 nitrogen and oxygen atoms in total. The second-order valence-electron chi connectivity index (χ2n) is 6.06. The summed E-state index contributed by atoms with van der Waals surface area (Å²) < 4.78 is 1.60. The van der Waals surface area contributed by atoms with Crippen molar-refractivity contribution in [2.24, 2.45) is 0 Å². The number of nitrogens with two attached hydrogens (primary N) is 1. The Morgan fingerprint density at radius 1 is 1.50 bits per heavy atom. The van der Waals surface area contributed by atoms with Gasteiger partial charge in [0.05, 0.1) is 12.2 Å². The fraction of sp³-hybridized carbons (Fsp3) is 0.438. The van der Waals surface area contributed by atoms with E-state index in [-0.39, 0.29) is 23.7 Å².